The highest BCUT2D eigenvalue weighted by atomic mass is 35.5. The third-order valence-corrected chi connectivity index (χ3v) is 3.41. The largest absolute Gasteiger partial charge is 0.505 e. The van der Waals surface area contributed by atoms with E-state index in [2.05, 4.69) is 5.32 Å². The third kappa shape index (κ3) is 4.19. The Balaban J connectivity index is 2.13. The fourth-order valence-corrected chi connectivity index (χ4v) is 2.37. The Morgan fingerprint density at radius 2 is 1.76 bits per heavy atom. The highest BCUT2D eigenvalue weighted by Crippen LogP contribution is 2.35. The standard InChI is InChI=1S/C16H17Cl2NO2/c1-10(2)21-15-6-4-3-5-11(15)9-19-12-7-13(17)16(20)14(18)8-12/h3-8,10,19-20H,9H2,1-2H3. The van der Waals surface area contributed by atoms with E-state index in [0.717, 1.165) is 17.0 Å². The van der Waals surface area contributed by atoms with Crippen molar-refractivity contribution in [1.82, 2.24) is 0 Å². The number of hydrogen-bond acceptors (Lipinski definition) is 3. The highest BCUT2D eigenvalue weighted by Gasteiger charge is 2.08. The van der Waals surface area contributed by atoms with Gasteiger partial charge in [-0.2, -0.15) is 0 Å². The number of phenolic OH excluding ortho intramolecular Hbond substituents is 1. The molecule has 3 nitrogen and oxygen atoms in total. The average Bonchev–Trinajstić information content (AvgIpc) is 2.43. The summed E-state index contributed by atoms with van der Waals surface area (Å²) in [5.41, 5.74) is 1.77. The average molecular weight is 326 g/mol. The van der Waals surface area contributed by atoms with Gasteiger partial charge in [0.15, 0.2) is 5.75 Å². The number of halogens is 2. The highest BCUT2D eigenvalue weighted by molar-refractivity contribution is 6.37. The smallest absolute Gasteiger partial charge is 0.152 e. The molecular formula is C16H17Cl2NO2. The van der Waals surface area contributed by atoms with Crippen molar-refractivity contribution >= 4 is 28.9 Å². The van der Waals surface area contributed by atoms with Crippen LogP contribution in [-0.2, 0) is 6.54 Å². The molecule has 0 heterocycles. The molecule has 0 atom stereocenters. The van der Waals surface area contributed by atoms with Crippen LogP contribution in [0, 0.1) is 0 Å². The fourth-order valence-electron chi connectivity index (χ4n) is 1.88. The Hall–Kier alpha value is -1.58. The Morgan fingerprint density at radius 1 is 1.14 bits per heavy atom. The van der Waals surface area contributed by atoms with Gasteiger partial charge in [-0.1, -0.05) is 41.4 Å². The zero-order valence-electron chi connectivity index (χ0n) is 11.9. The number of phenols is 1. The summed E-state index contributed by atoms with van der Waals surface area (Å²) in [7, 11) is 0. The molecule has 0 aliphatic heterocycles. The summed E-state index contributed by atoms with van der Waals surface area (Å²) in [5, 5.41) is 13.2. The second kappa shape index (κ2) is 6.92. The summed E-state index contributed by atoms with van der Waals surface area (Å²) in [5.74, 6) is 0.739. The van der Waals surface area contributed by atoms with Crippen molar-refractivity contribution in [2.75, 3.05) is 5.32 Å². The molecule has 0 saturated carbocycles. The van der Waals surface area contributed by atoms with Crippen LogP contribution in [0.1, 0.15) is 19.4 Å². The van der Waals surface area contributed by atoms with Crippen molar-refractivity contribution in [3.05, 3.63) is 52.0 Å². The Morgan fingerprint density at radius 3 is 2.38 bits per heavy atom. The fraction of sp³-hybridized carbons (Fsp3) is 0.250. The molecular weight excluding hydrogens is 309 g/mol. The van der Waals surface area contributed by atoms with Crippen LogP contribution >= 0.6 is 23.2 Å². The normalized spacial score (nSPS) is 10.7. The van der Waals surface area contributed by atoms with Crippen molar-refractivity contribution in [1.29, 1.82) is 0 Å². The van der Waals surface area contributed by atoms with Crippen LogP contribution in [0.5, 0.6) is 11.5 Å². The first kappa shape index (κ1) is 15.8. The van der Waals surface area contributed by atoms with E-state index < -0.39 is 0 Å². The molecule has 2 rings (SSSR count). The van der Waals surface area contributed by atoms with Gasteiger partial charge in [-0.15, -0.1) is 0 Å². The van der Waals surface area contributed by atoms with E-state index in [1.807, 2.05) is 38.1 Å². The maximum Gasteiger partial charge on any atom is 0.152 e. The number of rotatable bonds is 5. The second-order valence-corrected chi connectivity index (χ2v) is 5.73. The molecule has 0 aliphatic carbocycles. The zero-order valence-corrected chi connectivity index (χ0v) is 13.4. The lowest BCUT2D eigenvalue weighted by Gasteiger charge is -2.15. The van der Waals surface area contributed by atoms with Crippen LogP contribution in [-0.4, -0.2) is 11.2 Å². The van der Waals surface area contributed by atoms with Crippen molar-refractivity contribution in [2.24, 2.45) is 0 Å². The molecule has 0 saturated heterocycles. The van der Waals surface area contributed by atoms with Crippen LogP contribution in [0.3, 0.4) is 0 Å². The van der Waals surface area contributed by atoms with E-state index in [1.165, 1.54) is 0 Å². The van der Waals surface area contributed by atoms with Crippen LogP contribution in [0.2, 0.25) is 10.0 Å². The molecule has 112 valence electrons. The van der Waals surface area contributed by atoms with E-state index >= 15 is 0 Å². The van der Waals surface area contributed by atoms with Crippen molar-refractivity contribution in [3.63, 3.8) is 0 Å². The van der Waals surface area contributed by atoms with Crippen LogP contribution < -0.4 is 10.1 Å². The molecule has 0 radical (unpaired) electrons. The molecule has 2 aromatic rings. The molecule has 0 fully saturated rings. The molecule has 2 N–H and O–H groups in total. The molecule has 0 spiro atoms. The Kier molecular flexibility index (Phi) is 5.21. The number of ether oxygens (including phenoxy) is 1. The molecule has 0 bridgehead atoms. The minimum Gasteiger partial charge on any atom is -0.505 e. The third-order valence-electron chi connectivity index (χ3n) is 2.84. The van der Waals surface area contributed by atoms with Crippen molar-refractivity contribution < 1.29 is 9.84 Å². The number of anilines is 1. The van der Waals surface area contributed by atoms with Gasteiger partial charge in [0.25, 0.3) is 0 Å². The summed E-state index contributed by atoms with van der Waals surface area (Å²) in [6.07, 6.45) is 0.115. The number of aromatic hydroxyl groups is 1. The van der Waals surface area contributed by atoms with E-state index in [0.29, 0.717) is 6.54 Å². The summed E-state index contributed by atoms with van der Waals surface area (Å²) in [6, 6.07) is 11.1. The van der Waals surface area contributed by atoms with Crippen LogP contribution in [0.4, 0.5) is 5.69 Å². The minimum absolute atomic E-state index is 0.104. The monoisotopic (exact) mass is 325 g/mol. The van der Waals surface area contributed by atoms with E-state index in [4.69, 9.17) is 27.9 Å². The van der Waals surface area contributed by atoms with Gasteiger partial charge in [0.05, 0.1) is 16.1 Å². The predicted molar refractivity (Wildman–Crippen MR) is 87.7 cm³/mol. The number of benzene rings is 2. The van der Waals surface area contributed by atoms with Gasteiger partial charge >= 0.3 is 0 Å². The molecule has 2 aromatic carbocycles. The van der Waals surface area contributed by atoms with Gasteiger partial charge in [0.2, 0.25) is 0 Å². The number of hydrogen-bond donors (Lipinski definition) is 2. The van der Waals surface area contributed by atoms with E-state index in [-0.39, 0.29) is 21.9 Å². The van der Waals surface area contributed by atoms with Crippen LogP contribution in [0.25, 0.3) is 0 Å². The van der Waals surface area contributed by atoms with Gasteiger partial charge in [-0.25, -0.2) is 0 Å². The first-order valence-corrected chi connectivity index (χ1v) is 7.39. The van der Waals surface area contributed by atoms with Gasteiger partial charge in [0, 0.05) is 17.8 Å². The lowest BCUT2D eigenvalue weighted by atomic mass is 10.2. The first-order chi connectivity index (χ1) is 9.97. The van der Waals surface area contributed by atoms with Gasteiger partial charge in [-0.3, -0.25) is 0 Å². The topological polar surface area (TPSA) is 41.5 Å². The summed E-state index contributed by atoms with van der Waals surface area (Å²) in [6.45, 7) is 4.55. The van der Waals surface area contributed by atoms with Crippen LogP contribution in [0.15, 0.2) is 36.4 Å². The first-order valence-electron chi connectivity index (χ1n) is 6.64. The molecule has 5 heteroatoms. The van der Waals surface area contributed by atoms with Crippen molar-refractivity contribution in [2.45, 2.75) is 26.5 Å². The second-order valence-electron chi connectivity index (χ2n) is 4.92. The maximum absolute atomic E-state index is 9.55. The van der Waals surface area contributed by atoms with Gasteiger partial charge < -0.3 is 15.2 Å². The van der Waals surface area contributed by atoms with Gasteiger partial charge in [-0.05, 0) is 32.0 Å². The zero-order chi connectivity index (χ0) is 15.4. The Labute approximate surface area is 134 Å². The molecule has 0 unspecified atom stereocenters. The predicted octanol–water partition coefficient (Wildman–Crippen LogP) is 5.10. The summed E-state index contributed by atoms with van der Waals surface area (Å²) >= 11 is 11.8. The maximum atomic E-state index is 9.55. The SMILES string of the molecule is CC(C)Oc1ccccc1CNc1cc(Cl)c(O)c(Cl)c1. The lowest BCUT2D eigenvalue weighted by molar-refractivity contribution is 0.240. The molecule has 0 aromatic heterocycles. The molecule has 0 amide bonds. The quantitative estimate of drug-likeness (QED) is 0.751. The summed E-state index contributed by atoms with van der Waals surface area (Å²) < 4.78 is 5.77. The van der Waals surface area contributed by atoms with E-state index in [9.17, 15) is 5.11 Å². The Bertz CT molecular complexity index is 606. The van der Waals surface area contributed by atoms with Gasteiger partial charge in [0.1, 0.15) is 5.75 Å². The molecule has 21 heavy (non-hydrogen) atoms. The number of nitrogens with one attached hydrogen (secondary N) is 1. The summed E-state index contributed by atoms with van der Waals surface area (Å²) in [4.78, 5) is 0. The van der Waals surface area contributed by atoms with Crippen molar-refractivity contribution in [3.8, 4) is 11.5 Å². The lowest BCUT2D eigenvalue weighted by Crippen LogP contribution is -2.09. The number of para-hydroxylation sites is 1. The molecule has 0 aliphatic rings. The minimum atomic E-state index is -0.104. The van der Waals surface area contributed by atoms with E-state index in [1.54, 1.807) is 12.1 Å².